The highest BCUT2D eigenvalue weighted by Crippen LogP contribution is 2.07. The summed E-state index contributed by atoms with van der Waals surface area (Å²) in [6.07, 6.45) is 3.86. The number of carbonyl (C=O) groups is 1. The third kappa shape index (κ3) is 5.92. The van der Waals surface area contributed by atoms with Crippen LogP contribution in [0.3, 0.4) is 0 Å². The molecule has 3 heteroatoms. The Hall–Kier alpha value is -0.830. The molecule has 12 heavy (non-hydrogen) atoms. The highest BCUT2D eigenvalue weighted by atomic mass is 16.4. The van der Waals surface area contributed by atoms with Crippen LogP contribution >= 0.6 is 0 Å². The van der Waals surface area contributed by atoms with Crippen molar-refractivity contribution in [2.75, 3.05) is 0 Å². The van der Waals surface area contributed by atoms with E-state index < -0.39 is 5.97 Å². The summed E-state index contributed by atoms with van der Waals surface area (Å²) in [5.41, 5.74) is 0. The Balaban J connectivity index is 3.53. The van der Waals surface area contributed by atoms with Gasteiger partial charge in [-0.15, -0.1) is 0 Å². The van der Waals surface area contributed by atoms with Crippen molar-refractivity contribution < 1.29 is 15.0 Å². The summed E-state index contributed by atoms with van der Waals surface area (Å²) in [5.74, 6) is -0.633. The zero-order valence-corrected chi connectivity index (χ0v) is 7.53. The first-order chi connectivity index (χ1) is 5.54. The molecule has 0 saturated heterocycles. The van der Waals surface area contributed by atoms with Gasteiger partial charge in [-0.2, -0.15) is 0 Å². The van der Waals surface area contributed by atoms with Gasteiger partial charge in [0.15, 0.2) is 0 Å². The number of allylic oxidation sites excluding steroid dienone is 1. The second kappa shape index (κ2) is 5.77. The summed E-state index contributed by atoms with van der Waals surface area (Å²) in [6.45, 7) is 3.66. The van der Waals surface area contributed by atoms with Crippen molar-refractivity contribution in [1.29, 1.82) is 0 Å². The lowest BCUT2D eigenvalue weighted by atomic mass is 10.0. The number of carboxylic acids is 1. The fraction of sp³-hybridized carbons (Fsp3) is 0.667. The van der Waals surface area contributed by atoms with E-state index in [9.17, 15) is 4.79 Å². The molecule has 70 valence electrons. The predicted molar refractivity (Wildman–Crippen MR) is 46.9 cm³/mol. The van der Waals surface area contributed by atoms with Gasteiger partial charge < -0.3 is 10.2 Å². The van der Waals surface area contributed by atoms with E-state index in [4.69, 9.17) is 10.2 Å². The number of aliphatic hydroxyl groups is 1. The van der Waals surface area contributed by atoms with Gasteiger partial charge >= 0.3 is 5.97 Å². The van der Waals surface area contributed by atoms with E-state index in [-0.39, 0.29) is 18.4 Å². The maximum atomic E-state index is 10.1. The number of rotatable bonds is 5. The summed E-state index contributed by atoms with van der Waals surface area (Å²) in [7, 11) is 0. The van der Waals surface area contributed by atoms with Crippen LogP contribution in [0.5, 0.6) is 0 Å². The van der Waals surface area contributed by atoms with E-state index in [1.165, 1.54) is 0 Å². The predicted octanol–water partition coefficient (Wildman–Crippen LogP) is 1.42. The molecule has 0 aliphatic heterocycles. The minimum Gasteiger partial charge on any atom is -0.481 e. The number of hydrogen-bond donors (Lipinski definition) is 2. The molecule has 0 rings (SSSR count). The standard InChI is InChI=1S/C9H16O3/c1-7(8(2)10)5-3-4-6-9(11)12/h3-4,7-8,10H,5-6H2,1-2H3,(H,11,12). The Bertz CT molecular complexity index is 161. The first-order valence-corrected chi connectivity index (χ1v) is 4.09. The number of hydrogen-bond acceptors (Lipinski definition) is 2. The van der Waals surface area contributed by atoms with Crippen LogP contribution in [-0.4, -0.2) is 22.3 Å². The fourth-order valence-electron chi connectivity index (χ4n) is 0.692. The smallest absolute Gasteiger partial charge is 0.307 e. The van der Waals surface area contributed by atoms with Crippen molar-refractivity contribution >= 4 is 5.97 Å². The molecule has 0 heterocycles. The molecule has 0 radical (unpaired) electrons. The summed E-state index contributed by atoms with van der Waals surface area (Å²) < 4.78 is 0. The average Bonchev–Trinajstić information content (AvgIpc) is 1.97. The van der Waals surface area contributed by atoms with Crippen LogP contribution in [0.1, 0.15) is 26.7 Å². The van der Waals surface area contributed by atoms with Crippen molar-refractivity contribution in [2.24, 2.45) is 5.92 Å². The van der Waals surface area contributed by atoms with Gasteiger partial charge in [-0.25, -0.2) is 0 Å². The number of carboxylic acid groups (broad SMARTS) is 1. The minimum absolute atomic E-state index is 0.0620. The maximum Gasteiger partial charge on any atom is 0.307 e. The van der Waals surface area contributed by atoms with Gasteiger partial charge in [0.05, 0.1) is 12.5 Å². The Morgan fingerprint density at radius 1 is 1.42 bits per heavy atom. The Labute approximate surface area is 72.7 Å². The van der Waals surface area contributed by atoms with E-state index in [1.807, 2.05) is 6.92 Å². The molecule has 0 bridgehead atoms. The van der Waals surface area contributed by atoms with Gasteiger partial charge in [0.2, 0.25) is 0 Å². The quantitative estimate of drug-likeness (QED) is 0.617. The lowest BCUT2D eigenvalue weighted by molar-refractivity contribution is -0.136. The van der Waals surface area contributed by atoms with E-state index in [0.29, 0.717) is 0 Å². The van der Waals surface area contributed by atoms with Gasteiger partial charge in [0, 0.05) is 0 Å². The summed E-state index contributed by atoms with van der Waals surface area (Å²) in [5, 5.41) is 17.4. The lowest BCUT2D eigenvalue weighted by Crippen LogP contribution is -2.11. The number of aliphatic hydroxyl groups excluding tert-OH is 1. The Morgan fingerprint density at radius 2 is 2.00 bits per heavy atom. The molecule has 0 aromatic rings. The third-order valence-corrected chi connectivity index (χ3v) is 1.79. The van der Waals surface area contributed by atoms with Crippen molar-refractivity contribution in [1.82, 2.24) is 0 Å². The molecule has 0 fully saturated rings. The van der Waals surface area contributed by atoms with E-state index in [2.05, 4.69) is 0 Å². The van der Waals surface area contributed by atoms with Crippen LogP contribution in [0.15, 0.2) is 12.2 Å². The normalized spacial score (nSPS) is 16.2. The van der Waals surface area contributed by atoms with Gasteiger partial charge in [0.1, 0.15) is 0 Å². The van der Waals surface area contributed by atoms with Crippen LogP contribution in [0.2, 0.25) is 0 Å². The van der Waals surface area contributed by atoms with Crippen molar-refractivity contribution in [3.63, 3.8) is 0 Å². The van der Waals surface area contributed by atoms with Gasteiger partial charge in [0.25, 0.3) is 0 Å². The van der Waals surface area contributed by atoms with E-state index in [0.717, 1.165) is 6.42 Å². The Kier molecular flexibility index (Phi) is 5.37. The highest BCUT2D eigenvalue weighted by molar-refractivity contribution is 5.68. The van der Waals surface area contributed by atoms with E-state index >= 15 is 0 Å². The minimum atomic E-state index is -0.823. The molecular weight excluding hydrogens is 156 g/mol. The van der Waals surface area contributed by atoms with Crippen LogP contribution in [0.4, 0.5) is 0 Å². The lowest BCUT2D eigenvalue weighted by Gasteiger charge is -2.10. The van der Waals surface area contributed by atoms with Crippen molar-refractivity contribution in [2.45, 2.75) is 32.8 Å². The van der Waals surface area contributed by atoms with Crippen LogP contribution in [0.25, 0.3) is 0 Å². The molecule has 0 aromatic heterocycles. The fourth-order valence-corrected chi connectivity index (χ4v) is 0.692. The monoisotopic (exact) mass is 172 g/mol. The van der Waals surface area contributed by atoms with Gasteiger partial charge in [-0.05, 0) is 19.3 Å². The molecule has 2 atom stereocenters. The van der Waals surface area contributed by atoms with E-state index in [1.54, 1.807) is 19.1 Å². The van der Waals surface area contributed by atoms with Gasteiger partial charge in [-0.3, -0.25) is 4.79 Å². The number of aliphatic carboxylic acids is 1. The van der Waals surface area contributed by atoms with Gasteiger partial charge in [-0.1, -0.05) is 19.1 Å². The molecule has 0 saturated carbocycles. The first-order valence-electron chi connectivity index (χ1n) is 4.09. The zero-order chi connectivity index (χ0) is 9.56. The summed E-state index contributed by atoms with van der Waals surface area (Å²) in [4.78, 5) is 10.1. The second-order valence-corrected chi connectivity index (χ2v) is 3.02. The molecule has 0 spiro atoms. The van der Waals surface area contributed by atoms with Crippen molar-refractivity contribution in [3.05, 3.63) is 12.2 Å². The largest absolute Gasteiger partial charge is 0.481 e. The molecule has 2 unspecified atom stereocenters. The van der Waals surface area contributed by atoms with Crippen LogP contribution in [-0.2, 0) is 4.79 Å². The molecule has 2 N–H and O–H groups in total. The maximum absolute atomic E-state index is 10.1. The molecule has 0 aliphatic rings. The summed E-state index contributed by atoms with van der Waals surface area (Å²) >= 11 is 0. The molecule has 3 nitrogen and oxygen atoms in total. The highest BCUT2D eigenvalue weighted by Gasteiger charge is 2.05. The molecule has 0 aromatic carbocycles. The molecule has 0 aliphatic carbocycles. The second-order valence-electron chi connectivity index (χ2n) is 3.02. The SMILES string of the molecule is CC(O)C(C)CC=CCC(=O)O. The first kappa shape index (κ1) is 11.2. The van der Waals surface area contributed by atoms with Crippen LogP contribution in [0, 0.1) is 5.92 Å². The topological polar surface area (TPSA) is 57.5 Å². The Morgan fingerprint density at radius 3 is 2.42 bits per heavy atom. The summed E-state index contributed by atoms with van der Waals surface area (Å²) in [6, 6.07) is 0. The average molecular weight is 172 g/mol. The van der Waals surface area contributed by atoms with Crippen LogP contribution < -0.4 is 0 Å². The van der Waals surface area contributed by atoms with Crippen molar-refractivity contribution in [3.8, 4) is 0 Å². The third-order valence-electron chi connectivity index (χ3n) is 1.79. The molecular formula is C9H16O3. The zero-order valence-electron chi connectivity index (χ0n) is 7.53. The molecule has 0 amide bonds.